The molecule has 1 aliphatic heterocycles. The van der Waals surface area contributed by atoms with E-state index >= 15 is 0 Å². The minimum atomic E-state index is -5.01. The fraction of sp³-hybridized carbons (Fsp3) is 0.440. The smallest absolute Gasteiger partial charge is 0.349 e. The Hall–Kier alpha value is -3.23. The third kappa shape index (κ3) is 6.68. The number of hydrogen-bond acceptors (Lipinski definition) is 5. The molecule has 3 atom stereocenters. The number of aromatic nitrogens is 3. The van der Waals surface area contributed by atoms with Gasteiger partial charge in [-0.25, -0.2) is 13.9 Å². The van der Waals surface area contributed by atoms with Gasteiger partial charge in [0.05, 0.1) is 36.4 Å². The summed E-state index contributed by atoms with van der Waals surface area (Å²) in [6.45, 7) is 3.93. The maximum absolute atomic E-state index is 13.7. The highest BCUT2D eigenvalue weighted by Crippen LogP contribution is 2.39. The zero-order valence-electron chi connectivity index (χ0n) is 20.8. The second kappa shape index (κ2) is 11.1. The molecule has 2 heterocycles. The third-order valence-electron chi connectivity index (χ3n) is 6.32. The predicted molar refractivity (Wildman–Crippen MR) is 124 cm³/mol. The largest absolute Gasteiger partial charge is 0.416 e. The van der Waals surface area contributed by atoms with Crippen molar-refractivity contribution in [3.63, 3.8) is 0 Å². The van der Waals surface area contributed by atoms with Gasteiger partial charge in [-0.2, -0.15) is 31.4 Å². The Bertz CT molecular complexity index is 1300. The summed E-state index contributed by atoms with van der Waals surface area (Å²) in [7, 11) is 0. The van der Waals surface area contributed by atoms with Crippen molar-refractivity contribution in [2.75, 3.05) is 13.2 Å². The molecule has 0 bridgehead atoms. The van der Waals surface area contributed by atoms with Crippen molar-refractivity contribution in [3.05, 3.63) is 86.8 Å². The van der Waals surface area contributed by atoms with E-state index in [9.17, 15) is 35.5 Å². The molecule has 3 unspecified atom stereocenters. The van der Waals surface area contributed by atoms with E-state index in [4.69, 9.17) is 9.47 Å². The molecule has 0 aliphatic carbocycles. The molecule has 1 aromatic heterocycles. The normalized spacial score (nSPS) is 19.8. The number of H-pyrrole nitrogens is 1. The van der Waals surface area contributed by atoms with Crippen molar-refractivity contribution >= 4 is 0 Å². The number of hydrogen-bond donors (Lipinski definition) is 1. The zero-order valence-corrected chi connectivity index (χ0v) is 20.8. The monoisotopic (exact) mass is 562 g/mol. The van der Waals surface area contributed by atoms with Gasteiger partial charge in [0, 0.05) is 13.1 Å². The molecule has 0 amide bonds. The van der Waals surface area contributed by atoms with E-state index in [2.05, 4.69) is 10.1 Å². The van der Waals surface area contributed by atoms with Crippen LogP contribution in [0.3, 0.4) is 0 Å². The highest BCUT2D eigenvalue weighted by molar-refractivity contribution is 5.34. The summed E-state index contributed by atoms with van der Waals surface area (Å²) in [5, 5.41) is 4.22. The van der Waals surface area contributed by atoms with Crippen LogP contribution < -0.4 is 5.69 Å². The van der Waals surface area contributed by atoms with Crippen LogP contribution >= 0.6 is 0 Å². The lowest BCUT2D eigenvalue weighted by Gasteiger charge is -2.41. The van der Waals surface area contributed by atoms with Crippen LogP contribution in [-0.2, 0) is 34.9 Å². The van der Waals surface area contributed by atoms with Crippen LogP contribution in [0.4, 0.5) is 30.7 Å². The Labute approximate surface area is 218 Å². The van der Waals surface area contributed by atoms with Crippen molar-refractivity contribution in [2.45, 2.75) is 57.7 Å². The van der Waals surface area contributed by atoms with E-state index in [0.717, 1.165) is 0 Å². The maximum Gasteiger partial charge on any atom is 0.416 e. The van der Waals surface area contributed by atoms with Gasteiger partial charge in [-0.3, -0.25) is 9.88 Å². The average Bonchev–Trinajstić information content (AvgIpc) is 3.22. The average molecular weight is 562 g/mol. The van der Waals surface area contributed by atoms with Crippen molar-refractivity contribution < 1.29 is 40.2 Å². The number of nitrogens with zero attached hydrogens (tertiary/aromatic N) is 3. The predicted octanol–water partition coefficient (Wildman–Crippen LogP) is 5.45. The summed E-state index contributed by atoms with van der Waals surface area (Å²) < 4.78 is 107. The lowest BCUT2D eigenvalue weighted by Crippen LogP contribution is -2.46. The van der Waals surface area contributed by atoms with Gasteiger partial charge >= 0.3 is 18.0 Å². The molecule has 2 aromatic carbocycles. The number of nitrogens with one attached hydrogen (secondary N) is 1. The van der Waals surface area contributed by atoms with E-state index in [0.29, 0.717) is 36.6 Å². The quantitative estimate of drug-likeness (QED) is 0.388. The molecule has 39 heavy (non-hydrogen) atoms. The lowest BCUT2D eigenvalue weighted by molar-refractivity contribution is -0.231. The Kier molecular flexibility index (Phi) is 8.19. The number of alkyl halides is 6. The number of aromatic amines is 1. The van der Waals surface area contributed by atoms with Gasteiger partial charge in [0.1, 0.15) is 11.6 Å². The first-order chi connectivity index (χ1) is 18.3. The Morgan fingerprint density at radius 2 is 1.69 bits per heavy atom. The summed E-state index contributed by atoms with van der Waals surface area (Å²) in [6.07, 6.45) is -12.4. The molecule has 0 saturated carbocycles. The molecular formula is C25H25F7N4O3. The van der Waals surface area contributed by atoms with Crippen molar-refractivity contribution in [2.24, 2.45) is 0 Å². The van der Waals surface area contributed by atoms with Crippen molar-refractivity contribution in [1.29, 1.82) is 0 Å². The summed E-state index contributed by atoms with van der Waals surface area (Å²) in [6, 6.07) is 5.87. The molecule has 7 nitrogen and oxygen atoms in total. The number of benzene rings is 2. The SMILES string of the molecule is CCn1nc(CN2CCOC(OC(C)c3cc(C(F)(F)F)cc(C(F)(F)F)c3)C2c2ccc(F)cc2)[nH]c1=O. The highest BCUT2D eigenvalue weighted by Gasteiger charge is 2.39. The van der Waals surface area contributed by atoms with E-state index in [1.807, 2.05) is 4.90 Å². The first-order valence-corrected chi connectivity index (χ1v) is 12.0. The second-order valence-corrected chi connectivity index (χ2v) is 9.02. The minimum absolute atomic E-state index is 0.0482. The highest BCUT2D eigenvalue weighted by atomic mass is 19.4. The molecule has 0 radical (unpaired) electrons. The van der Waals surface area contributed by atoms with Crippen molar-refractivity contribution in [1.82, 2.24) is 19.7 Å². The van der Waals surface area contributed by atoms with Gasteiger partial charge in [-0.05, 0) is 55.3 Å². The fourth-order valence-electron chi connectivity index (χ4n) is 4.38. The molecule has 3 aromatic rings. The summed E-state index contributed by atoms with van der Waals surface area (Å²) >= 11 is 0. The van der Waals surface area contributed by atoms with Gasteiger partial charge in [0.2, 0.25) is 0 Å². The standard InChI is InChI=1S/C25H25F7N4O3/c1-3-36-23(37)33-20(34-36)13-35-8-9-38-22(21(35)15-4-6-19(26)7-5-15)39-14(2)16-10-17(24(27,28)29)12-18(11-16)25(30,31)32/h4-7,10-12,14,21-22H,3,8-9,13H2,1-2H3,(H,33,34,37). The Morgan fingerprint density at radius 3 is 2.23 bits per heavy atom. The minimum Gasteiger partial charge on any atom is -0.349 e. The van der Waals surface area contributed by atoms with E-state index in [-0.39, 0.29) is 24.8 Å². The first kappa shape index (κ1) is 28.8. The topological polar surface area (TPSA) is 72.4 Å². The van der Waals surface area contributed by atoms with Gasteiger partial charge in [0.25, 0.3) is 0 Å². The number of halogens is 7. The van der Waals surface area contributed by atoms with Crippen LogP contribution in [-0.4, -0.2) is 39.1 Å². The Morgan fingerprint density at radius 1 is 1.08 bits per heavy atom. The van der Waals surface area contributed by atoms with Crippen LogP contribution in [0.1, 0.15) is 54.1 Å². The molecule has 0 spiro atoms. The first-order valence-electron chi connectivity index (χ1n) is 12.0. The molecular weight excluding hydrogens is 537 g/mol. The van der Waals surface area contributed by atoms with Gasteiger partial charge in [-0.1, -0.05) is 12.1 Å². The maximum atomic E-state index is 13.7. The molecule has 212 valence electrons. The van der Waals surface area contributed by atoms with Crippen LogP contribution in [0.25, 0.3) is 0 Å². The van der Waals surface area contributed by atoms with Gasteiger partial charge in [0.15, 0.2) is 6.29 Å². The molecule has 1 aliphatic rings. The summed E-state index contributed by atoms with van der Waals surface area (Å²) in [4.78, 5) is 16.5. The van der Waals surface area contributed by atoms with E-state index in [1.54, 1.807) is 6.92 Å². The molecule has 1 fully saturated rings. The van der Waals surface area contributed by atoms with Crippen molar-refractivity contribution in [3.8, 4) is 0 Å². The molecule has 4 rings (SSSR count). The third-order valence-corrected chi connectivity index (χ3v) is 6.32. The molecule has 1 saturated heterocycles. The van der Waals surface area contributed by atoms with Crippen LogP contribution in [0.15, 0.2) is 47.3 Å². The Balaban J connectivity index is 1.67. The summed E-state index contributed by atoms with van der Waals surface area (Å²) in [5.41, 5.74) is -3.16. The number of ether oxygens (including phenoxy) is 2. The van der Waals surface area contributed by atoms with Crippen LogP contribution in [0.5, 0.6) is 0 Å². The number of morpholine rings is 1. The van der Waals surface area contributed by atoms with E-state index in [1.165, 1.54) is 35.9 Å². The molecule has 14 heteroatoms. The molecule has 1 N–H and O–H groups in total. The van der Waals surface area contributed by atoms with Crippen LogP contribution in [0, 0.1) is 5.82 Å². The fourth-order valence-corrected chi connectivity index (χ4v) is 4.38. The second-order valence-electron chi connectivity index (χ2n) is 9.02. The van der Waals surface area contributed by atoms with Crippen LogP contribution in [0.2, 0.25) is 0 Å². The lowest BCUT2D eigenvalue weighted by atomic mass is 10.0. The van der Waals surface area contributed by atoms with E-state index < -0.39 is 53.4 Å². The van der Waals surface area contributed by atoms with Gasteiger partial charge in [-0.15, -0.1) is 0 Å². The number of aryl methyl sites for hydroxylation is 1. The zero-order chi connectivity index (χ0) is 28.5. The summed E-state index contributed by atoms with van der Waals surface area (Å²) in [5.74, 6) is -0.183. The number of rotatable bonds is 7. The van der Waals surface area contributed by atoms with Gasteiger partial charge < -0.3 is 9.47 Å².